The summed E-state index contributed by atoms with van der Waals surface area (Å²) in [5, 5.41) is 39.0. The number of rotatable bonds is 11. The van der Waals surface area contributed by atoms with Crippen LogP contribution < -0.4 is 20.7 Å². The van der Waals surface area contributed by atoms with Crippen LogP contribution in [-0.4, -0.2) is 61.6 Å². The van der Waals surface area contributed by atoms with E-state index in [1.54, 1.807) is 23.5 Å². The maximum absolute atomic E-state index is 12.6. The van der Waals surface area contributed by atoms with Crippen LogP contribution in [-0.2, 0) is 16.1 Å². The Labute approximate surface area is 217 Å². The molecule has 0 radical (unpaired) electrons. The molecule has 2 amide bonds. The monoisotopic (exact) mass is 528 g/mol. The first-order valence-electron chi connectivity index (χ1n) is 11.7. The molecule has 1 aromatic carbocycles. The van der Waals surface area contributed by atoms with E-state index in [0.717, 1.165) is 19.0 Å². The minimum absolute atomic E-state index is 0.0224. The molecular weight excluding hydrogens is 500 g/mol. The molecule has 0 aliphatic heterocycles. The van der Waals surface area contributed by atoms with Gasteiger partial charge in [-0.3, -0.25) is 14.9 Å². The lowest BCUT2D eigenvalue weighted by Gasteiger charge is -2.19. The van der Waals surface area contributed by atoms with Gasteiger partial charge in [-0.05, 0) is 38.8 Å². The molecule has 0 saturated heterocycles. The Hall–Kier alpha value is -4.11. The van der Waals surface area contributed by atoms with Gasteiger partial charge in [-0.2, -0.15) is 4.98 Å². The van der Waals surface area contributed by atoms with E-state index in [1.165, 1.54) is 13.2 Å². The lowest BCUT2D eigenvalue weighted by Crippen LogP contribution is -2.48. The average molecular weight is 529 g/mol. The number of anilines is 3. The van der Waals surface area contributed by atoms with Crippen molar-refractivity contribution in [3.63, 3.8) is 0 Å². The van der Waals surface area contributed by atoms with E-state index < -0.39 is 12.0 Å². The topological polar surface area (TPSA) is 201 Å². The number of carbonyl (C=O) groups is 2. The molecular formula is C24H28N6O8. The molecule has 0 spiro atoms. The van der Waals surface area contributed by atoms with E-state index in [2.05, 4.69) is 25.8 Å². The minimum atomic E-state index is -3.46. The summed E-state index contributed by atoms with van der Waals surface area (Å²) in [6.07, 6.45) is -0.795. The van der Waals surface area contributed by atoms with Gasteiger partial charge in [-0.1, -0.05) is 11.2 Å². The van der Waals surface area contributed by atoms with E-state index in [1.807, 2.05) is 13.8 Å². The van der Waals surface area contributed by atoms with Gasteiger partial charge in [0, 0.05) is 18.2 Å². The van der Waals surface area contributed by atoms with Crippen LogP contribution >= 0.6 is 0 Å². The summed E-state index contributed by atoms with van der Waals surface area (Å²) in [5.74, 6) is -0.366. The highest BCUT2D eigenvalue weighted by atomic mass is 16.7. The van der Waals surface area contributed by atoms with Crippen molar-refractivity contribution < 1.29 is 38.9 Å². The van der Waals surface area contributed by atoms with Crippen LogP contribution in [0.1, 0.15) is 42.9 Å². The summed E-state index contributed by atoms with van der Waals surface area (Å²) in [6, 6.07) is 6.45. The Kier molecular flexibility index (Phi) is 7.87. The van der Waals surface area contributed by atoms with Gasteiger partial charge in [-0.25, -0.2) is 4.98 Å². The number of nitrogens with one attached hydrogen (secondary N) is 3. The minimum Gasteiger partial charge on any atom is -0.494 e. The van der Waals surface area contributed by atoms with Gasteiger partial charge in [0.25, 0.3) is 11.8 Å². The van der Waals surface area contributed by atoms with Gasteiger partial charge in [0.1, 0.15) is 12.4 Å². The molecule has 1 aliphatic rings. The Morgan fingerprint density at radius 2 is 1.97 bits per heavy atom. The highest BCUT2D eigenvalue weighted by Gasteiger charge is 2.30. The normalized spacial score (nSPS) is 13.3. The first-order chi connectivity index (χ1) is 18.0. The van der Waals surface area contributed by atoms with Crippen molar-refractivity contribution in [3.8, 4) is 17.1 Å². The second kappa shape index (κ2) is 11.1. The SMILES string of the molecule is COc1c(Nc2cc(NC(=O)C3CC3)ncc2C(=O)NC(O)(O)O)cccc1-c1noc(COC(C)C)n1. The average Bonchev–Trinajstić information content (AvgIpc) is 3.59. The molecule has 2 aromatic heterocycles. The Morgan fingerprint density at radius 3 is 2.63 bits per heavy atom. The number of hydrogen-bond acceptors (Lipinski definition) is 12. The van der Waals surface area contributed by atoms with Gasteiger partial charge in [0.05, 0.1) is 35.7 Å². The van der Waals surface area contributed by atoms with Crippen LogP contribution in [0, 0.1) is 5.92 Å². The molecule has 4 rings (SSSR count). The summed E-state index contributed by atoms with van der Waals surface area (Å²) in [4.78, 5) is 33.3. The number of aliphatic hydroxyl groups is 3. The number of benzene rings is 1. The third-order valence-corrected chi connectivity index (χ3v) is 5.37. The summed E-state index contributed by atoms with van der Waals surface area (Å²) in [7, 11) is 1.44. The van der Waals surface area contributed by atoms with E-state index in [4.69, 9.17) is 14.0 Å². The van der Waals surface area contributed by atoms with Crippen LogP contribution in [0.4, 0.5) is 17.2 Å². The summed E-state index contributed by atoms with van der Waals surface area (Å²) in [6.45, 7) is 3.90. The highest BCUT2D eigenvalue weighted by Crippen LogP contribution is 2.38. The number of methoxy groups -OCH3 is 1. The number of amides is 2. The third-order valence-electron chi connectivity index (χ3n) is 5.37. The zero-order valence-electron chi connectivity index (χ0n) is 20.9. The molecule has 1 saturated carbocycles. The number of pyridine rings is 1. The van der Waals surface area contributed by atoms with Crippen molar-refractivity contribution in [1.29, 1.82) is 0 Å². The number of aromatic nitrogens is 3. The van der Waals surface area contributed by atoms with Crippen molar-refractivity contribution in [2.75, 3.05) is 17.7 Å². The quantitative estimate of drug-likeness (QED) is 0.196. The first-order valence-corrected chi connectivity index (χ1v) is 11.7. The van der Waals surface area contributed by atoms with Crippen molar-refractivity contribution in [3.05, 3.63) is 41.9 Å². The molecule has 0 atom stereocenters. The number of ether oxygens (including phenoxy) is 2. The van der Waals surface area contributed by atoms with Crippen LogP contribution in [0.25, 0.3) is 11.4 Å². The largest absolute Gasteiger partial charge is 0.494 e. The molecule has 2 heterocycles. The van der Waals surface area contributed by atoms with Crippen molar-refractivity contribution >= 4 is 29.0 Å². The lowest BCUT2D eigenvalue weighted by molar-refractivity contribution is -0.323. The number of nitrogens with zero attached hydrogens (tertiary/aromatic N) is 3. The molecule has 202 valence electrons. The predicted octanol–water partition coefficient (Wildman–Crippen LogP) is 1.48. The predicted molar refractivity (Wildman–Crippen MR) is 132 cm³/mol. The fourth-order valence-corrected chi connectivity index (χ4v) is 3.44. The number of hydrogen-bond donors (Lipinski definition) is 6. The zero-order valence-corrected chi connectivity index (χ0v) is 20.9. The van der Waals surface area contributed by atoms with Crippen LogP contribution in [0.15, 0.2) is 35.0 Å². The Morgan fingerprint density at radius 1 is 1.21 bits per heavy atom. The van der Waals surface area contributed by atoms with Crippen molar-refractivity contribution in [2.24, 2.45) is 5.92 Å². The highest BCUT2D eigenvalue weighted by molar-refractivity contribution is 6.02. The molecule has 38 heavy (non-hydrogen) atoms. The molecule has 1 aliphatic carbocycles. The van der Waals surface area contributed by atoms with Gasteiger partial charge in [0.15, 0.2) is 5.75 Å². The molecule has 6 N–H and O–H groups in total. The van der Waals surface area contributed by atoms with Gasteiger partial charge in [0.2, 0.25) is 11.7 Å². The smallest absolute Gasteiger partial charge is 0.369 e. The van der Waals surface area contributed by atoms with Gasteiger partial charge in [-0.15, -0.1) is 0 Å². The van der Waals surface area contributed by atoms with E-state index >= 15 is 0 Å². The molecule has 14 heteroatoms. The molecule has 3 aromatic rings. The summed E-state index contributed by atoms with van der Waals surface area (Å²) >= 11 is 0. The second-order valence-electron chi connectivity index (χ2n) is 8.85. The lowest BCUT2D eigenvalue weighted by atomic mass is 10.1. The third kappa shape index (κ3) is 6.80. The fraction of sp³-hybridized carbons (Fsp3) is 0.375. The van der Waals surface area contributed by atoms with Gasteiger partial charge < -0.3 is 39.9 Å². The molecule has 1 fully saturated rings. The summed E-state index contributed by atoms with van der Waals surface area (Å²) < 4.78 is 16.4. The zero-order chi connectivity index (χ0) is 27.4. The molecule has 14 nitrogen and oxygen atoms in total. The van der Waals surface area contributed by atoms with Crippen molar-refractivity contribution in [1.82, 2.24) is 20.4 Å². The molecule has 0 bridgehead atoms. The van der Waals surface area contributed by atoms with E-state index in [0.29, 0.717) is 17.0 Å². The van der Waals surface area contributed by atoms with E-state index in [-0.39, 0.29) is 53.3 Å². The standard InChI is InChI=1S/C24H28N6O8/c1-12(2)37-11-19-28-21(30-38-19)14-5-4-6-16(20(14)36-3)26-17-9-18(27-22(31)13-7-8-13)25-10-15(17)23(32)29-24(33,34)35/h4-6,9-10,12-13,33-35H,7-8,11H2,1-3H3,(H,29,32)(H2,25,26,27,31). The number of para-hydroxylation sites is 1. The Balaban J connectivity index is 1.67. The fourth-order valence-electron chi connectivity index (χ4n) is 3.44. The number of carbonyl (C=O) groups excluding carboxylic acids is 2. The van der Waals surface area contributed by atoms with Crippen LogP contribution in [0.3, 0.4) is 0 Å². The maximum Gasteiger partial charge on any atom is 0.369 e. The van der Waals surface area contributed by atoms with Crippen molar-refractivity contribution in [2.45, 2.75) is 45.5 Å². The maximum atomic E-state index is 12.6. The summed E-state index contributed by atoms with van der Waals surface area (Å²) in [5.41, 5.74) is 0.788. The Bertz CT molecular complexity index is 1320. The molecule has 0 unspecified atom stereocenters. The first kappa shape index (κ1) is 26.9. The van der Waals surface area contributed by atoms with E-state index in [9.17, 15) is 24.9 Å². The van der Waals surface area contributed by atoms with Crippen LogP contribution in [0.5, 0.6) is 5.75 Å². The second-order valence-corrected chi connectivity index (χ2v) is 8.85. The van der Waals surface area contributed by atoms with Crippen LogP contribution in [0.2, 0.25) is 0 Å². The van der Waals surface area contributed by atoms with Gasteiger partial charge >= 0.3 is 6.10 Å².